The number of hydrogen-bond acceptors (Lipinski definition) is 2. The second kappa shape index (κ2) is 6.86. The highest BCUT2D eigenvalue weighted by atomic mass is 35.5. The molecule has 1 atom stereocenters. The fraction of sp³-hybridized carbons (Fsp3) is 0.562. The molecule has 0 spiro atoms. The number of halogens is 1. The van der Waals surface area contributed by atoms with Crippen LogP contribution in [0.3, 0.4) is 0 Å². The Hall–Kier alpha value is -0.670. The molecule has 0 bridgehead atoms. The monoisotopic (exact) mass is 311 g/mol. The average molecular weight is 312 g/mol. The van der Waals surface area contributed by atoms with Crippen LogP contribution in [0.5, 0.6) is 0 Å². The first-order valence-electron chi connectivity index (χ1n) is 7.12. The Kier molecular flexibility index (Phi) is 5.39. The molecule has 1 aliphatic rings. The van der Waals surface area contributed by atoms with Gasteiger partial charge in [0.05, 0.1) is 0 Å². The number of hydrogen-bond donors (Lipinski definition) is 1. The maximum atomic E-state index is 11.9. The molecule has 0 radical (unpaired) electrons. The van der Waals surface area contributed by atoms with Gasteiger partial charge >= 0.3 is 0 Å². The van der Waals surface area contributed by atoms with E-state index in [0.717, 1.165) is 28.5 Å². The molecule has 110 valence electrons. The molecule has 0 aromatic heterocycles. The minimum atomic E-state index is 0.175. The predicted octanol–water partition coefficient (Wildman–Crippen LogP) is 4.52. The third-order valence-electron chi connectivity index (χ3n) is 3.75. The third-order valence-corrected chi connectivity index (χ3v) is 5.01. The molecule has 0 saturated heterocycles. The lowest BCUT2D eigenvalue weighted by atomic mass is 9.92. The first-order valence-corrected chi connectivity index (χ1v) is 8.49. The molecule has 1 N–H and O–H groups in total. The maximum absolute atomic E-state index is 11.9. The lowest BCUT2D eigenvalue weighted by Crippen LogP contribution is -2.33. The first kappa shape index (κ1) is 15.7. The highest BCUT2D eigenvalue weighted by Crippen LogP contribution is 2.36. The molecule has 2 nitrogen and oxygen atoms in total. The highest BCUT2D eigenvalue weighted by Gasteiger charge is 2.31. The van der Waals surface area contributed by atoms with Gasteiger partial charge in [-0.3, -0.25) is 4.79 Å². The van der Waals surface area contributed by atoms with Gasteiger partial charge in [0, 0.05) is 28.1 Å². The van der Waals surface area contributed by atoms with E-state index in [4.69, 9.17) is 11.6 Å². The van der Waals surface area contributed by atoms with E-state index in [2.05, 4.69) is 19.2 Å². The first-order chi connectivity index (χ1) is 9.44. The van der Waals surface area contributed by atoms with Gasteiger partial charge in [0.2, 0.25) is 5.91 Å². The van der Waals surface area contributed by atoms with Gasteiger partial charge in [0.25, 0.3) is 0 Å². The van der Waals surface area contributed by atoms with Crippen LogP contribution in [0.1, 0.15) is 39.5 Å². The van der Waals surface area contributed by atoms with E-state index in [-0.39, 0.29) is 5.91 Å². The topological polar surface area (TPSA) is 29.1 Å². The summed E-state index contributed by atoms with van der Waals surface area (Å²) >= 11 is 7.54. The second-order valence-corrected chi connectivity index (χ2v) is 7.83. The number of thioether (sulfide) groups is 1. The van der Waals surface area contributed by atoms with Crippen LogP contribution in [0.25, 0.3) is 0 Å². The van der Waals surface area contributed by atoms with Crippen molar-refractivity contribution in [3.63, 3.8) is 0 Å². The van der Waals surface area contributed by atoms with Gasteiger partial charge in [-0.15, -0.1) is 11.8 Å². The zero-order valence-corrected chi connectivity index (χ0v) is 13.7. The van der Waals surface area contributed by atoms with Crippen molar-refractivity contribution in [1.82, 2.24) is 5.32 Å². The molecular formula is C16H22ClNOS. The summed E-state index contributed by atoms with van der Waals surface area (Å²) in [5.41, 5.74) is 0.385. The Morgan fingerprint density at radius 2 is 2.10 bits per heavy atom. The van der Waals surface area contributed by atoms with Crippen molar-refractivity contribution in [1.29, 1.82) is 0 Å². The van der Waals surface area contributed by atoms with Crippen LogP contribution in [0.15, 0.2) is 29.2 Å². The molecule has 1 aromatic rings. The van der Waals surface area contributed by atoms with Crippen molar-refractivity contribution < 1.29 is 4.79 Å². The van der Waals surface area contributed by atoms with Crippen molar-refractivity contribution >= 4 is 29.3 Å². The summed E-state index contributed by atoms with van der Waals surface area (Å²) in [6, 6.07) is 8.11. The predicted molar refractivity (Wildman–Crippen MR) is 86.4 cm³/mol. The molecule has 20 heavy (non-hydrogen) atoms. The van der Waals surface area contributed by atoms with E-state index in [9.17, 15) is 4.79 Å². The number of amides is 1. The average Bonchev–Trinajstić information content (AvgIpc) is 2.71. The Bertz CT molecular complexity index is 458. The summed E-state index contributed by atoms with van der Waals surface area (Å²) in [7, 11) is 0. The third kappa shape index (κ3) is 5.02. The van der Waals surface area contributed by atoms with Crippen molar-refractivity contribution in [2.75, 3.05) is 5.75 Å². The van der Waals surface area contributed by atoms with Crippen LogP contribution in [-0.2, 0) is 4.79 Å². The maximum Gasteiger partial charge on any atom is 0.221 e. The van der Waals surface area contributed by atoms with Crippen LogP contribution in [0, 0.1) is 5.41 Å². The summed E-state index contributed by atoms with van der Waals surface area (Å²) in [4.78, 5) is 13.1. The Balaban J connectivity index is 1.67. The van der Waals surface area contributed by atoms with E-state index in [1.54, 1.807) is 11.8 Å². The summed E-state index contributed by atoms with van der Waals surface area (Å²) < 4.78 is 0. The van der Waals surface area contributed by atoms with Crippen LogP contribution in [0.2, 0.25) is 5.02 Å². The zero-order chi connectivity index (χ0) is 14.6. The zero-order valence-electron chi connectivity index (χ0n) is 12.1. The number of carbonyl (C=O) groups excluding carboxylic acids is 1. The van der Waals surface area contributed by atoms with Crippen molar-refractivity contribution in [2.45, 2.75) is 50.5 Å². The summed E-state index contributed by atoms with van der Waals surface area (Å²) in [6.07, 6.45) is 3.99. The molecule has 1 amide bonds. The van der Waals surface area contributed by atoms with Crippen molar-refractivity contribution in [3.05, 3.63) is 29.3 Å². The Morgan fingerprint density at radius 1 is 1.40 bits per heavy atom. The molecule has 0 heterocycles. The van der Waals surface area contributed by atoms with E-state index in [0.29, 0.717) is 17.9 Å². The number of nitrogens with one attached hydrogen (secondary N) is 1. The molecular weight excluding hydrogens is 290 g/mol. The summed E-state index contributed by atoms with van der Waals surface area (Å²) in [5, 5.41) is 3.90. The van der Waals surface area contributed by atoms with Crippen molar-refractivity contribution in [3.8, 4) is 0 Å². The molecule has 4 heteroatoms. The lowest BCUT2D eigenvalue weighted by Gasteiger charge is -2.17. The summed E-state index contributed by atoms with van der Waals surface area (Å²) in [5.74, 6) is 0.984. The van der Waals surface area contributed by atoms with Crippen LogP contribution in [0.4, 0.5) is 0 Å². The largest absolute Gasteiger partial charge is 0.353 e. The van der Waals surface area contributed by atoms with Gasteiger partial charge in [-0.05, 0) is 48.9 Å². The smallest absolute Gasteiger partial charge is 0.221 e. The Morgan fingerprint density at radius 3 is 2.70 bits per heavy atom. The van der Waals surface area contributed by atoms with Gasteiger partial charge < -0.3 is 5.32 Å². The summed E-state index contributed by atoms with van der Waals surface area (Å²) in [6.45, 7) is 4.55. The Labute approximate surface area is 130 Å². The van der Waals surface area contributed by atoms with Crippen molar-refractivity contribution in [2.24, 2.45) is 5.41 Å². The minimum absolute atomic E-state index is 0.175. The molecule has 1 fully saturated rings. The van der Waals surface area contributed by atoms with E-state index in [1.807, 2.05) is 24.3 Å². The fourth-order valence-electron chi connectivity index (χ4n) is 2.65. The lowest BCUT2D eigenvalue weighted by molar-refractivity contribution is -0.121. The second-order valence-electron chi connectivity index (χ2n) is 6.22. The number of carbonyl (C=O) groups is 1. The van der Waals surface area contributed by atoms with E-state index < -0.39 is 0 Å². The van der Waals surface area contributed by atoms with Gasteiger partial charge in [0.15, 0.2) is 0 Å². The highest BCUT2D eigenvalue weighted by molar-refractivity contribution is 7.99. The standard InChI is InChI=1S/C16H22ClNOS/c1-16(2)9-7-13(11-16)18-15(19)8-10-20-14-5-3-12(17)4-6-14/h3-6,13H,7-11H2,1-2H3,(H,18,19). The molecule has 1 aliphatic carbocycles. The molecule has 1 aromatic carbocycles. The normalized spacial score (nSPS) is 20.9. The van der Waals surface area contributed by atoms with Gasteiger partial charge in [-0.2, -0.15) is 0 Å². The fourth-order valence-corrected chi connectivity index (χ4v) is 3.63. The number of benzene rings is 1. The number of rotatable bonds is 5. The quantitative estimate of drug-likeness (QED) is 0.810. The molecule has 2 rings (SSSR count). The van der Waals surface area contributed by atoms with Crippen LogP contribution in [-0.4, -0.2) is 17.7 Å². The minimum Gasteiger partial charge on any atom is -0.353 e. The molecule has 1 saturated carbocycles. The van der Waals surface area contributed by atoms with Gasteiger partial charge in [-0.25, -0.2) is 0 Å². The van der Waals surface area contributed by atoms with Gasteiger partial charge in [-0.1, -0.05) is 25.4 Å². The van der Waals surface area contributed by atoms with E-state index in [1.165, 1.54) is 6.42 Å². The molecule has 1 unspecified atom stereocenters. The molecule has 0 aliphatic heterocycles. The van der Waals surface area contributed by atoms with E-state index >= 15 is 0 Å². The SMILES string of the molecule is CC1(C)CCC(NC(=O)CCSc2ccc(Cl)cc2)C1. The van der Waals surface area contributed by atoms with Crippen LogP contribution < -0.4 is 5.32 Å². The van der Waals surface area contributed by atoms with Gasteiger partial charge in [0.1, 0.15) is 0 Å². The van der Waals surface area contributed by atoms with Crippen LogP contribution >= 0.6 is 23.4 Å².